The molecular formula is C22H22BrCl2N3O2. The Labute approximate surface area is 193 Å². The molecule has 0 aliphatic carbocycles. The minimum absolute atomic E-state index is 0.239. The van der Waals surface area contributed by atoms with E-state index in [2.05, 4.69) is 33.8 Å². The van der Waals surface area contributed by atoms with Crippen LogP contribution >= 0.6 is 39.1 Å². The number of hydrogen-bond donors (Lipinski definition) is 1. The molecule has 0 unspecified atom stereocenters. The Hall–Kier alpha value is -1.76. The molecule has 2 aromatic heterocycles. The number of aromatic nitrogens is 2. The smallest absolute Gasteiger partial charge is 0.303 e. The lowest BCUT2D eigenvalue weighted by Gasteiger charge is -2.33. The van der Waals surface area contributed by atoms with Gasteiger partial charge < -0.3 is 10.0 Å². The Morgan fingerprint density at radius 3 is 2.43 bits per heavy atom. The van der Waals surface area contributed by atoms with Crippen molar-refractivity contribution in [3.05, 3.63) is 50.2 Å². The molecule has 1 aliphatic rings. The number of carboxylic acids is 1. The number of halogens is 3. The number of anilines is 1. The van der Waals surface area contributed by atoms with Gasteiger partial charge in [0.2, 0.25) is 0 Å². The Bertz CT molecular complexity index is 1110. The number of fused-ring (bicyclic) bond motifs is 1. The molecule has 3 heterocycles. The fraction of sp³-hybridized carbons (Fsp3) is 0.364. The second kappa shape index (κ2) is 8.40. The van der Waals surface area contributed by atoms with Crippen LogP contribution < -0.4 is 4.90 Å². The number of carbonyl (C=O) groups is 1. The van der Waals surface area contributed by atoms with E-state index in [1.54, 1.807) is 0 Å². The largest absolute Gasteiger partial charge is 0.481 e. The first-order valence-corrected chi connectivity index (χ1v) is 11.4. The third-order valence-electron chi connectivity index (χ3n) is 5.69. The van der Waals surface area contributed by atoms with Crippen molar-refractivity contribution in [2.24, 2.45) is 5.92 Å². The summed E-state index contributed by atoms with van der Waals surface area (Å²) in [4.78, 5) is 18.2. The summed E-state index contributed by atoms with van der Waals surface area (Å²) in [7, 11) is 0. The van der Waals surface area contributed by atoms with Crippen LogP contribution in [0, 0.1) is 19.8 Å². The van der Waals surface area contributed by atoms with Gasteiger partial charge in [-0.25, -0.2) is 4.98 Å². The summed E-state index contributed by atoms with van der Waals surface area (Å²) in [6, 6.07) is 5.77. The monoisotopic (exact) mass is 509 g/mol. The average molecular weight is 511 g/mol. The summed E-state index contributed by atoms with van der Waals surface area (Å²) in [5.74, 6) is -0.477. The van der Waals surface area contributed by atoms with E-state index in [1.807, 2.05) is 29.8 Å². The van der Waals surface area contributed by atoms with Gasteiger partial charge in [0, 0.05) is 46.9 Å². The van der Waals surface area contributed by atoms with Crippen LogP contribution in [-0.4, -0.2) is 33.7 Å². The van der Waals surface area contributed by atoms with Gasteiger partial charge in [0.05, 0.1) is 15.7 Å². The van der Waals surface area contributed by atoms with Crippen LogP contribution in [0.1, 0.15) is 30.5 Å². The normalized spacial score (nSPS) is 15.2. The zero-order valence-electron chi connectivity index (χ0n) is 16.8. The highest BCUT2D eigenvalue weighted by molar-refractivity contribution is 9.10. The van der Waals surface area contributed by atoms with Gasteiger partial charge in [0.15, 0.2) is 0 Å². The van der Waals surface area contributed by atoms with Gasteiger partial charge in [-0.3, -0.25) is 9.36 Å². The molecule has 8 heteroatoms. The molecule has 1 saturated heterocycles. The van der Waals surface area contributed by atoms with E-state index in [0.717, 1.165) is 58.4 Å². The van der Waals surface area contributed by atoms with E-state index in [-0.39, 0.29) is 12.3 Å². The number of carboxylic acid groups (broad SMARTS) is 1. The van der Waals surface area contributed by atoms with Gasteiger partial charge >= 0.3 is 5.97 Å². The van der Waals surface area contributed by atoms with Crippen molar-refractivity contribution < 1.29 is 9.90 Å². The standard InChI is InChI=1S/C22H22BrCl2N3O2/c1-12-11-28(21-16(24)9-15(23)10-17(21)25)22-20(12)18(7-13(2)26-22)27-5-3-14(4-6-27)8-19(29)30/h7,9-11,14H,3-6,8H2,1-2H3,(H,29,30). The van der Waals surface area contributed by atoms with Gasteiger partial charge in [0.1, 0.15) is 5.65 Å². The molecule has 3 aromatic rings. The van der Waals surface area contributed by atoms with Crippen LogP contribution in [-0.2, 0) is 4.79 Å². The second-order valence-electron chi connectivity index (χ2n) is 7.91. The first kappa shape index (κ1) is 21.5. The topological polar surface area (TPSA) is 58.4 Å². The maximum Gasteiger partial charge on any atom is 0.303 e. The van der Waals surface area contributed by atoms with E-state index in [1.165, 1.54) is 0 Å². The highest BCUT2D eigenvalue weighted by atomic mass is 79.9. The number of rotatable bonds is 4. The molecule has 0 amide bonds. The molecule has 1 fully saturated rings. The van der Waals surface area contributed by atoms with Crippen molar-refractivity contribution in [1.82, 2.24) is 9.55 Å². The molecular weight excluding hydrogens is 489 g/mol. The fourth-order valence-corrected chi connectivity index (χ4v) is 5.71. The molecule has 0 saturated carbocycles. The number of hydrogen-bond acceptors (Lipinski definition) is 3. The highest BCUT2D eigenvalue weighted by Crippen LogP contribution is 2.39. The molecule has 158 valence electrons. The molecule has 0 radical (unpaired) electrons. The summed E-state index contributed by atoms with van der Waals surface area (Å²) in [5, 5.41) is 11.3. The zero-order valence-corrected chi connectivity index (χ0v) is 19.9. The number of aliphatic carboxylic acids is 1. The lowest BCUT2D eigenvalue weighted by atomic mass is 9.93. The number of aryl methyl sites for hydroxylation is 2. The van der Waals surface area contributed by atoms with Crippen LogP contribution in [0.5, 0.6) is 0 Å². The maximum absolute atomic E-state index is 11.0. The summed E-state index contributed by atoms with van der Waals surface area (Å²) in [6.07, 6.45) is 4.02. The van der Waals surface area contributed by atoms with Crippen molar-refractivity contribution >= 4 is 61.8 Å². The predicted octanol–water partition coefficient (Wildman–Crippen LogP) is 6.40. The van der Waals surface area contributed by atoms with Crippen molar-refractivity contribution in [2.45, 2.75) is 33.1 Å². The Morgan fingerprint density at radius 1 is 1.20 bits per heavy atom. The first-order chi connectivity index (χ1) is 14.2. The van der Waals surface area contributed by atoms with E-state index in [4.69, 9.17) is 33.3 Å². The third kappa shape index (κ3) is 4.05. The van der Waals surface area contributed by atoms with Crippen molar-refractivity contribution in [3.63, 3.8) is 0 Å². The molecule has 4 rings (SSSR count). The van der Waals surface area contributed by atoms with Crippen molar-refractivity contribution in [2.75, 3.05) is 18.0 Å². The van der Waals surface area contributed by atoms with E-state index in [0.29, 0.717) is 15.7 Å². The molecule has 0 atom stereocenters. The lowest BCUT2D eigenvalue weighted by molar-refractivity contribution is -0.138. The summed E-state index contributed by atoms with van der Waals surface area (Å²) < 4.78 is 2.79. The van der Waals surface area contributed by atoms with Crippen LogP contribution in [0.15, 0.2) is 28.9 Å². The molecule has 1 aromatic carbocycles. The van der Waals surface area contributed by atoms with Gasteiger partial charge in [-0.2, -0.15) is 0 Å². The highest BCUT2D eigenvalue weighted by Gasteiger charge is 2.25. The predicted molar refractivity (Wildman–Crippen MR) is 125 cm³/mol. The van der Waals surface area contributed by atoms with Crippen molar-refractivity contribution in [1.29, 1.82) is 0 Å². The lowest BCUT2D eigenvalue weighted by Crippen LogP contribution is -2.34. The van der Waals surface area contributed by atoms with Gasteiger partial charge in [-0.05, 0) is 56.4 Å². The summed E-state index contributed by atoms with van der Waals surface area (Å²) in [5.41, 5.74) is 4.67. The Kier molecular flexibility index (Phi) is 6.02. The van der Waals surface area contributed by atoms with Crippen molar-refractivity contribution in [3.8, 4) is 5.69 Å². The molecule has 5 nitrogen and oxygen atoms in total. The molecule has 0 spiro atoms. The summed E-state index contributed by atoms with van der Waals surface area (Å²) >= 11 is 16.5. The fourth-order valence-electron chi connectivity index (χ4n) is 4.32. The first-order valence-electron chi connectivity index (χ1n) is 9.85. The van der Waals surface area contributed by atoms with Crippen LogP contribution in [0.3, 0.4) is 0 Å². The number of benzene rings is 1. The quantitative estimate of drug-likeness (QED) is 0.441. The maximum atomic E-state index is 11.0. The molecule has 0 bridgehead atoms. The second-order valence-corrected chi connectivity index (χ2v) is 9.64. The number of pyridine rings is 1. The van der Waals surface area contributed by atoms with Crippen LogP contribution in [0.4, 0.5) is 5.69 Å². The van der Waals surface area contributed by atoms with E-state index < -0.39 is 5.97 Å². The van der Waals surface area contributed by atoms with Gasteiger partial charge in [0.25, 0.3) is 0 Å². The zero-order chi connectivity index (χ0) is 21.6. The average Bonchev–Trinajstić information content (AvgIpc) is 2.96. The molecule has 1 N–H and O–H groups in total. The van der Waals surface area contributed by atoms with Crippen LogP contribution in [0.25, 0.3) is 16.7 Å². The minimum Gasteiger partial charge on any atom is -0.481 e. The molecule has 1 aliphatic heterocycles. The SMILES string of the molecule is Cc1cc(N2CCC(CC(=O)O)CC2)c2c(C)cn(-c3c(Cl)cc(Br)cc3Cl)c2n1. The Balaban J connectivity index is 1.79. The third-order valence-corrected chi connectivity index (χ3v) is 6.73. The number of piperidine rings is 1. The Morgan fingerprint density at radius 2 is 1.83 bits per heavy atom. The molecule has 30 heavy (non-hydrogen) atoms. The number of nitrogens with zero attached hydrogens (tertiary/aromatic N) is 3. The minimum atomic E-state index is -0.716. The van der Waals surface area contributed by atoms with Gasteiger partial charge in [-0.15, -0.1) is 0 Å². The van der Waals surface area contributed by atoms with Crippen LogP contribution in [0.2, 0.25) is 10.0 Å². The van der Waals surface area contributed by atoms with E-state index >= 15 is 0 Å². The van der Waals surface area contributed by atoms with E-state index in [9.17, 15) is 4.79 Å². The van der Waals surface area contributed by atoms with Gasteiger partial charge in [-0.1, -0.05) is 39.1 Å². The summed E-state index contributed by atoms with van der Waals surface area (Å²) in [6.45, 7) is 5.72.